The van der Waals surface area contributed by atoms with Crippen molar-refractivity contribution in [2.75, 3.05) is 14.2 Å². The quantitative estimate of drug-likeness (QED) is 0.854. The fourth-order valence-electron chi connectivity index (χ4n) is 1.36. The monoisotopic (exact) mass is 240 g/mol. The number of rotatable bonds is 5. The molecule has 0 aromatic heterocycles. The predicted octanol–water partition coefficient (Wildman–Crippen LogP) is 2.19. The van der Waals surface area contributed by atoms with Crippen LogP contribution in [0.4, 0.5) is 0 Å². The number of hydrogen-bond acceptors (Lipinski definition) is 4. The number of carboxylic acids is 1. The van der Waals surface area contributed by atoms with Crippen LogP contribution in [0.25, 0.3) is 0 Å². The van der Waals surface area contributed by atoms with Gasteiger partial charge in [0.25, 0.3) is 0 Å². The van der Waals surface area contributed by atoms with Crippen molar-refractivity contribution in [2.24, 2.45) is 0 Å². The summed E-state index contributed by atoms with van der Waals surface area (Å²) in [6.07, 6.45) is -0.0616. The van der Waals surface area contributed by atoms with Crippen LogP contribution >= 0.6 is 0 Å². The second-order valence-corrected chi connectivity index (χ2v) is 3.68. The molecule has 1 aromatic carbocycles. The molecule has 0 saturated carbocycles. The molecule has 0 radical (unpaired) electrons. The standard InChI is InChI=1S/C12H16O5/c1-7(2)17-11-9(15-3)5-8(12(13)14)6-10(11)16-4/h5-7H,1-4H3,(H,13,14). The number of carboxylic acid groups (broad SMARTS) is 1. The molecule has 0 heterocycles. The summed E-state index contributed by atoms with van der Waals surface area (Å²) in [6, 6.07) is 2.81. The van der Waals surface area contributed by atoms with Gasteiger partial charge in [-0.3, -0.25) is 0 Å². The Morgan fingerprint density at radius 2 is 1.65 bits per heavy atom. The first-order valence-electron chi connectivity index (χ1n) is 5.15. The Bertz CT molecular complexity index is 386. The lowest BCUT2D eigenvalue weighted by Gasteiger charge is -2.17. The van der Waals surface area contributed by atoms with E-state index in [4.69, 9.17) is 19.3 Å². The molecule has 5 nitrogen and oxygen atoms in total. The highest BCUT2D eigenvalue weighted by Gasteiger charge is 2.17. The van der Waals surface area contributed by atoms with Crippen molar-refractivity contribution in [2.45, 2.75) is 20.0 Å². The fraction of sp³-hybridized carbons (Fsp3) is 0.417. The highest BCUT2D eigenvalue weighted by molar-refractivity contribution is 5.89. The van der Waals surface area contributed by atoms with E-state index in [2.05, 4.69) is 0 Å². The molecule has 94 valence electrons. The summed E-state index contributed by atoms with van der Waals surface area (Å²) in [6.45, 7) is 3.73. The van der Waals surface area contributed by atoms with E-state index in [1.54, 1.807) is 0 Å². The van der Waals surface area contributed by atoms with E-state index in [1.165, 1.54) is 26.4 Å². The summed E-state index contributed by atoms with van der Waals surface area (Å²) in [5.41, 5.74) is 0.0924. The van der Waals surface area contributed by atoms with Gasteiger partial charge in [0.15, 0.2) is 11.5 Å². The first-order valence-corrected chi connectivity index (χ1v) is 5.15. The van der Waals surface area contributed by atoms with Crippen molar-refractivity contribution < 1.29 is 24.1 Å². The fourth-order valence-corrected chi connectivity index (χ4v) is 1.36. The van der Waals surface area contributed by atoms with Crippen molar-refractivity contribution in [1.29, 1.82) is 0 Å². The Balaban J connectivity index is 3.30. The molecule has 0 bridgehead atoms. The molecule has 0 unspecified atom stereocenters. The van der Waals surface area contributed by atoms with Crippen LogP contribution in [0.15, 0.2) is 12.1 Å². The Hall–Kier alpha value is -1.91. The number of ether oxygens (including phenoxy) is 3. The maximum Gasteiger partial charge on any atom is 0.335 e. The second kappa shape index (κ2) is 5.43. The van der Waals surface area contributed by atoms with Crippen molar-refractivity contribution in [3.05, 3.63) is 17.7 Å². The maximum absolute atomic E-state index is 10.9. The zero-order valence-corrected chi connectivity index (χ0v) is 10.3. The molecule has 0 fully saturated rings. The van der Waals surface area contributed by atoms with Crippen LogP contribution in [0.5, 0.6) is 17.2 Å². The molecule has 1 rings (SSSR count). The van der Waals surface area contributed by atoms with Gasteiger partial charge in [-0.1, -0.05) is 0 Å². The van der Waals surface area contributed by atoms with E-state index in [-0.39, 0.29) is 11.7 Å². The number of methoxy groups -OCH3 is 2. The third-order valence-corrected chi connectivity index (χ3v) is 2.06. The van der Waals surface area contributed by atoms with Crippen LogP contribution in [0, 0.1) is 0 Å². The molecule has 0 atom stereocenters. The first-order chi connectivity index (χ1) is 7.99. The number of carbonyl (C=O) groups is 1. The van der Waals surface area contributed by atoms with Gasteiger partial charge in [-0.15, -0.1) is 0 Å². The molecule has 0 aliphatic rings. The molecule has 1 aromatic rings. The van der Waals surface area contributed by atoms with Gasteiger partial charge in [-0.25, -0.2) is 4.79 Å². The van der Waals surface area contributed by atoms with Crippen molar-refractivity contribution >= 4 is 5.97 Å². The Kier molecular flexibility index (Phi) is 4.20. The van der Waals surface area contributed by atoms with Crippen LogP contribution in [0.2, 0.25) is 0 Å². The van der Waals surface area contributed by atoms with Crippen LogP contribution in [-0.4, -0.2) is 31.4 Å². The summed E-state index contributed by atoms with van der Waals surface area (Å²) in [5.74, 6) is 0.0543. The third kappa shape index (κ3) is 3.03. The SMILES string of the molecule is COc1cc(C(=O)O)cc(OC)c1OC(C)C. The number of benzene rings is 1. The maximum atomic E-state index is 10.9. The van der Waals surface area contributed by atoms with E-state index in [9.17, 15) is 4.79 Å². The average Bonchev–Trinajstić information content (AvgIpc) is 2.28. The molecule has 0 aliphatic carbocycles. The normalized spacial score (nSPS) is 10.2. The van der Waals surface area contributed by atoms with Gasteiger partial charge in [0.2, 0.25) is 5.75 Å². The van der Waals surface area contributed by atoms with Crippen LogP contribution < -0.4 is 14.2 Å². The van der Waals surface area contributed by atoms with Crippen molar-refractivity contribution in [3.8, 4) is 17.2 Å². The summed E-state index contributed by atoms with van der Waals surface area (Å²) < 4.78 is 15.8. The van der Waals surface area contributed by atoms with E-state index >= 15 is 0 Å². The highest BCUT2D eigenvalue weighted by atomic mass is 16.5. The molecule has 0 spiro atoms. The van der Waals surface area contributed by atoms with Gasteiger partial charge in [-0.2, -0.15) is 0 Å². The van der Waals surface area contributed by atoms with Crippen molar-refractivity contribution in [1.82, 2.24) is 0 Å². The lowest BCUT2D eigenvalue weighted by Crippen LogP contribution is -2.09. The molecule has 0 saturated heterocycles. The largest absolute Gasteiger partial charge is 0.493 e. The minimum atomic E-state index is -1.04. The zero-order chi connectivity index (χ0) is 13.0. The molecule has 5 heteroatoms. The van der Waals surface area contributed by atoms with Gasteiger partial charge in [0.1, 0.15) is 0 Å². The van der Waals surface area contributed by atoms with Gasteiger partial charge in [-0.05, 0) is 26.0 Å². The lowest BCUT2D eigenvalue weighted by molar-refractivity contribution is 0.0696. The second-order valence-electron chi connectivity index (χ2n) is 3.68. The minimum Gasteiger partial charge on any atom is -0.493 e. The summed E-state index contributed by atoms with van der Waals surface area (Å²) in [4.78, 5) is 10.9. The summed E-state index contributed by atoms with van der Waals surface area (Å²) >= 11 is 0. The summed E-state index contributed by atoms with van der Waals surface area (Å²) in [7, 11) is 2.90. The van der Waals surface area contributed by atoms with Gasteiger partial charge in [0.05, 0.1) is 25.9 Å². The van der Waals surface area contributed by atoms with Crippen LogP contribution in [0.1, 0.15) is 24.2 Å². The molecule has 1 N–H and O–H groups in total. The Morgan fingerprint density at radius 1 is 1.18 bits per heavy atom. The van der Waals surface area contributed by atoms with E-state index in [1.807, 2.05) is 13.8 Å². The van der Waals surface area contributed by atoms with E-state index < -0.39 is 5.97 Å². The number of aromatic carboxylic acids is 1. The topological polar surface area (TPSA) is 65.0 Å². The third-order valence-electron chi connectivity index (χ3n) is 2.06. The van der Waals surface area contributed by atoms with Gasteiger partial charge >= 0.3 is 5.97 Å². The van der Waals surface area contributed by atoms with E-state index in [0.29, 0.717) is 17.2 Å². The van der Waals surface area contributed by atoms with Gasteiger partial charge < -0.3 is 19.3 Å². The molecular weight excluding hydrogens is 224 g/mol. The molecular formula is C12H16O5. The van der Waals surface area contributed by atoms with Crippen molar-refractivity contribution in [3.63, 3.8) is 0 Å². The molecule has 0 amide bonds. The Morgan fingerprint density at radius 3 is 1.94 bits per heavy atom. The van der Waals surface area contributed by atoms with Crippen LogP contribution in [0.3, 0.4) is 0 Å². The average molecular weight is 240 g/mol. The zero-order valence-electron chi connectivity index (χ0n) is 10.3. The first kappa shape index (κ1) is 13.2. The highest BCUT2D eigenvalue weighted by Crippen LogP contribution is 2.39. The van der Waals surface area contributed by atoms with Gasteiger partial charge in [0, 0.05) is 0 Å². The smallest absolute Gasteiger partial charge is 0.335 e. The molecule has 17 heavy (non-hydrogen) atoms. The summed E-state index contributed by atoms with van der Waals surface area (Å²) in [5, 5.41) is 8.95. The Labute approximate surface area is 99.9 Å². The number of hydrogen-bond donors (Lipinski definition) is 1. The minimum absolute atomic E-state index is 0.0616. The predicted molar refractivity (Wildman–Crippen MR) is 62.3 cm³/mol. The molecule has 0 aliphatic heterocycles. The lowest BCUT2D eigenvalue weighted by atomic mass is 10.2. The van der Waals surface area contributed by atoms with Crippen LogP contribution in [-0.2, 0) is 0 Å². The van der Waals surface area contributed by atoms with E-state index in [0.717, 1.165) is 0 Å².